The highest BCUT2D eigenvalue weighted by Gasteiger charge is 2.43. The molecule has 1 aliphatic rings. The number of benzene rings is 1. The first-order valence-corrected chi connectivity index (χ1v) is 10.5. The van der Waals surface area contributed by atoms with Crippen molar-refractivity contribution in [2.45, 2.75) is 43.9 Å². The summed E-state index contributed by atoms with van der Waals surface area (Å²) in [7, 11) is 0. The fraction of sp³-hybridized carbons (Fsp3) is 0.381. The number of hydrogen-bond acceptors (Lipinski definition) is 11. The predicted octanol–water partition coefficient (Wildman–Crippen LogP) is 0.673. The third-order valence-corrected chi connectivity index (χ3v) is 5.14. The molecule has 194 valence electrons. The van der Waals surface area contributed by atoms with Gasteiger partial charge in [0.05, 0.1) is 17.7 Å². The first-order chi connectivity index (χ1) is 17.0. The number of aromatic nitrogens is 1. The van der Waals surface area contributed by atoms with Gasteiger partial charge in [0.1, 0.15) is 18.3 Å². The van der Waals surface area contributed by atoms with Gasteiger partial charge in [0, 0.05) is 12.5 Å². The van der Waals surface area contributed by atoms with Crippen LogP contribution in [0.2, 0.25) is 0 Å². The average Bonchev–Trinajstić information content (AvgIpc) is 3.30. The van der Waals surface area contributed by atoms with Gasteiger partial charge < -0.3 is 20.4 Å². The normalized spacial score (nSPS) is 18.6. The van der Waals surface area contributed by atoms with Crippen LogP contribution < -0.4 is 16.5 Å². The number of amides is 1. The number of nitrogens with zero attached hydrogens (tertiary/aromatic N) is 1. The molecular weight excluding hydrogens is 493 g/mol. The molecule has 0 saturated carbocycles. The van der Waals surface area contributed by atoms with E-state index in [0.29, 0.717) is 5.76 Å². The van der Waals surface area contributed by atoms with Crippen LogP contribution >= 0.6 is 0 Å². The van der Waals surface area contributed by atoms with Gasteiger partial charge in [0.15, 0.2) is 0 Å². The van der Waals surface area contributed by atoms with Crippen molar-refractivity contribution >= 4 is 23.8 Å². The Hall–Kier alpha value is -3.98. The van der Waals surface area contributed by atoms with Gasteiger partial charge in [0.25, 0.3) is 0 Å². The first kappa shape index (κ1) is 26.6. The molecular formula is C21H21F3N4O8. The quantitative estimate of drug-likeness (QED) is 0.365. The molecule has 3 atom stereocenters. The zero-order valence-corrected chi connectivity index (χ0v) is 18.7. The number of nitrogens with one attached hydrogen (secondary N) is 2. The minimum atomic E-state index is -5.34. The molecule has 36 heavy (non-hydrogen) atoms. The van der Waals surface area contributed by atoms with E-state index in [1.165, 1.54) is 13.0 Å². The van der Waals surface area contributed by atoms with Crippen LogP contribution in [0.3, 0.4) is 0 Å². The van der Waals surface area contributed by atoms with Gasteiger partial charge in [-0.2, -0.15) is 13.2 Å². The lowest BCUT2D eigenvalue weighted by Crippen LogP contribution is -2.41. The van der Waals surface area contributed by atoms with Crippen LogP contribution in [-0.4, -0.2) is 47.7 Å². The van der Waals surface area contributed by atoms with Crippen LogP contribution in [-0.2, 0) is 46.6 Å². The number of rotatable bonds is 6. The lowest BCUT2D eigenvalue weighted by Gasteiger charge is -2.25. The van der Waals surface area contributed by atoms with E-state index in [1.807, 2.05) is 24.3 Å². The predicted molar refractivity (Wildman–Crippen MR) is 110 cm³/mol. The Labute approximate surface area is 201 Å². The standard InChI is InChI=1S/C21H21F3N4O8/c1-10(18(30)26-9-17(29)35-36-20(32)21(22,23)24)15-7-12(33-27-15)8-16-13-5-3-2-4-11(13)6-14(25)19(31)34-28-16/h2-5,7,10,14,16,28H,6,8-9,25H2,1H3,(H,26,30). The van der Waals surface area contributed by atoms with Crippen molar-refractivity contribution in [1.82, 2.24) is 16.0 Å². The minimum Gasteiger partial charge on any atom is -0.369 e. The number of nitrogens with two attached hydrogens (primary N) is 1. The lowest BCUT2D eigenvalue weighted by molar-refractivity contribution is -0.285. The number of carbonyl (C=O) groups excluding carboxylic acids is 4. The van der Waals surface area contributed by atoms with Gasteiger partial charge in [-0.1, -0.05) is 29.4 Å². The topological polar surface area (TPSA) is 172 Å². The monoisotopic (exact) mass is 514 g/mol. The Morgan fingerprint density at radius 3 is 2.72 bits per heavy atom. The van der Waals surface area contributed by atoms with E-state index in [1.54, 1.807) is 0 Å². The van der Waals surface area contributed by atoms with E-state index in [-0.39, 0.29) is 18.5 Å². The fourth-order valence-corrected chi connectivity index (χ4v) is 3.24. The number of hydroxylamine groups is 1. The maximum absolute atomic E-state index is 12.3. The summed E-state index contributed by atoms with van der Waals surface area (Å²) in [6.45, 7) is 0.577. The first-order valence-electron chi connectivity index (χ1n) is 10.5. The molecule has 2 aromatic rings. The van der Waals surface area contributed by atoms with E-state index >= 15 is 0 Å². The summed E-state index contributed by atoms with van der Waals surface area (Å²) < 4.78 is 41.4. The van der Waals surface area contributed by atoms with Crippen LogP contribution in [0.4, 0.5) is 13.2 Å². The van der Waals surface area contributed by atoms with Gasteiger partial charge >= 0.3 is 24.1 Å². The van der Waals surface area contributed by atoms with Crippen molar-refractivity contribution in [3.05, 3.63) is 52.9 Å². The van der Waals surface area contributed by atoms with E-state index in [2.05, 4.69) is 25.7 Å². The summed E-state index contributed by atoms with van der Waals surface area (Å²) in [5.74, 6) is -6.09. The Morgan fingerprint density at radius 2 is 2.00 bits per heavy atom. The van der Waals surface area contributed by atoms with E-state index in [9.17, 15) is 32.3 Å². The highest BCUT2D eigenvalue weighted by molar-refractivity contribution is 5.86. The molecule has 12 nitrogen and oxygen atoms in total. The number of carbonyl (C=O) groups is 4. The number of hydrogen-bond donors (Lipinski definition) is 3. The molecule has 1 amide bonds. The van der Waals surface area contributed by atoms with Crippen LogP contribution in [0.15, 0.2) is 34.9 Å². The highest BCUT2D eigenvalue weighted by Crippen LogP contribution is 2.26. The molecule has 0 radical (unpaired) electrons. The summed E-state index contributed by atoms with van der Waals surface area (Å²) in [4.78, 5) is 58.3. The van der Waals surface area contributed by atoms with Crippen LogP contribution in [0.5, 0.6) is 0 Å². The summed E-state index contributed by atoms with van der Waals surface area (Å²) in [6.07, 6.45) is -4.87. The Bertz CT molecular complexity index is 1140. The molecule has 3 rings (SSSR count). The van der Waals surface area contributed by atoms with Crippen molar-refractivity contribution in [3.8, 4) is 0 Å². The highest BCUT2D eigenvalue weighted by atomic mass is 19.4. The second-order valence-corrected chi connectivity index (χ2v) is 7.79. The summed E-state index contributed by atoms with van der Waals surface area (Å²) >= 11 is 0. The lowest BCUT2D eigenvalue weighted by atomic mass is 9.93. The zero-order chi connectivity index (χ0) is 26.5. The summed E-state index contributed by atoms with van der Waals surface area (Å²) in [5, 5.41) is 5.96. The molecule has 1 aromatic heterocycles. The summed E-state index contributed by atoms with van der Waals surface area (Å²) in [6, 6.07) is 7.48. The molecule has 0 spiro atoms. The molecule has 3 unspecified atom stereocenters. The van der Waals surface area contributed by atoms with Crippen LogP contribution in [0.25, 0.3) is 0 Å². The Kier molecular flexibility index (Phi) is 8.26. The Balaban J connectivity index is 1.58. The second kappa shape index (κ2) is 11.2. The van der Waals surface area contributed by atoms with E-state index in [4.69, 9.17) is 15.1 Å². The van der Waals surface area contributed by atoms with Gasteiger partial charge in [-0.05, 0) is 24.5 Å². The SMILES string of the molecule is CC(C(=O)NCC(=O)OOC(=O)C(F)(F)F)c1cc(CC2NOC(=O)C(N)Cc3ccccc32)on1. The van der Waals surface area contributed by atoms with Gasteiger partial charge in [-0.25, -0.2) is 24.2 Å². The molecule has 1 aliphatic heterocycles. The molecule has 0 bridgehead atoms. The third kappa shape index (κ3) is 6.79. The van der Waals surface area contributed by atoms with Crippen molar-refractivity contribution in [1.29, 1.82) is 0 Å². The smallest absolute Gasteiger partial charge is 0.369 e. The van der Waals surface area contributed by atoms with Crippen molar-refractivity contribution in [2.75, 3.05) is 6.54 Å². The van der Waals surface area contributed by atoms with E-state index < -0.39 is 54.5 Å². The van der Waals surface area contributed by atoms with Gasteiger partial charge in [-0.3, -0.25) is 4.79 Å². The third-order valence-electron chi connectivity index (χ3n) is 5.14. The van der Waals surface area contributed by atoms with Gasteiger partial charge in [-0.15, -0.1) is 5.48 Å². The molecule has 2 heterocycles. The molecule has 1 aromatic carbocycles. The van der Waals surface area contributed by atoms with Crippen molar-refractivity contribution in [2.24, 2.45) is 5.73 Å². The average molecular weight is 514 g/mol. The zero-order valence-electron chi connectivity index (χ0n) is 18.7. The van der Waals surface area contributed by atoms with Crippen LogP contribution in [0, 0.1) is 0 Å². The van der Waals surface area contributed by atoms with Crippen molar-refractivity contribution in [3.63, 3.8) is 0 Å². The van der Waals surface area contributed by atoms with E-state index in [0.717, 1.165) is 11.1 Å². The summed E-state index contributed by atoms with van der Waals surface area (Å²) in [5.41, 5.74) is 10.4. The molecule has 0 saturated heterocycles. The molecule has 4 N–H and O–H groups in total. The van der Waals surface area contributed by atoms with Crippen LogP contribution in [0.1, 0.15) is 41.5 Å². The van der Waals surface area contributed by atoms with Crippen molar-refractivity contribution < 1.29 is 51.5 Å². The number of fused-ring (bicyclic) bond motifs is 1. The fourth-order valence-electron chi connectivity index (χ4n) is 3.24. The minimum absolute atomic E-state index is 0.192. The molecule has 0 aliphatic carbocycles. The molecule has 0 fully saturated rings. The largest absolute Gasteiger partial charge is 0.495 e. The maximum Gasteiger partial charge on any atom is 0.495 e. The maximum atomic E-state index is 12.3. The number of alkyl halides is 3. The number of halogens is 3. The molecule has 15 heteroatoms. The second-order valence-electron chi connectivity index (χ2n) is 7.79. The Morgan fingerprint density at radius 1 is 1.28 bits per heavy atom. The van der Waals surface area contributed by atoms with Gasteiger partial charge in [0.2, 0.25) is 5.91 Å².